The Morgan fingerprint density at radius 3 is 0.932 bits per heavy atom. The molecule has 10 rings (SSSR count). The zero-order valence-corrected chi connectivity index (χ0v) is 35.4. The van der Waals surface area contributed by atoms with Crippen LogP contribution < -0.4 is 0 Å². The van der Waals surface area contributed by atoms with Crippen molar-refractivity contribution in [2.24, 2.45) is 45.3 Å². The van der Waals surface area contributed by atoms with E-state index >= 15 is 0 Å². The Hall–Kier alpha value is 2.93. The summed E-state index contributed by atoms with van der Waals surface area (Å²) >= 11 is -1.65. The molecule has 0 aromatic heterocycles. The van der Waals surface area contributed by atoms with Crippen LogP contribution in [0.4, 0.5) is 0 Å². The van der Waals surface area contributed by atoms with E-state index in [-0.39, 0.29) is 0 Å². The van der Waals surface area contributed by atoms with Gasteiger partial charge in [-0.2, -0.15) is 0 Å². The van der Waals surface area contributed by atoms with Gasteiger partial charge in [-0.15, -0.1) is 0 Å². The molecule has 10 saturated carbocycles. The van der Waals surface area contributed by atoms with Crippen LogP contribution in [0.25, 0.3) is 0 Å². The second kappa shape index (κ2) is 18.4. The molecule has 0 heterocycles. The number of halogens is 4. The van der Waals surface area contributed by atoms with Crippen LogP contribution in [0.3, 0.4) is 0 Å². The topological polar surface area (TPSA) is 0 Å². The molecule has 0 saturated heterocycles. The van der Waals surface area contributed by atoms with Crippen molar-refractivity contribution in [2.45, 2.75) is 68.2 Å². The molecule has 236 valence electrons. The molecule has 4 bridgehead atoms. The SMILES string of the molecule is CC1(C)[C]2[CH][CH][CH][C]2C2CC1C2(C)C.CC1(C)[C]2[CH][CH][CH][C]2C2CC1C2(C)C.[CH]1[CH][CH][CH][CH]1.[CH]1[CH][CH][CH][CH]1.[Cl][Zr][Cl].[Cl][Zr][Cl]. The van der Waals surface area contributed by atoms with Crippen LogP contribution in [0.5, 0.6) is 0 Å². The Kier molecular flexibility index (Phi) is 17.3. The molecule has 0 aromatic carbocycles. The van der Waals surface area contributed by atoms with E-state index in [1.54, 1.807) is 23.7 Å². The first-order chi connectivity index (χ1) is 20.7. The fraction of sp³-hybridized carbons (Fsp3) is 0.474. The molecule has 0 amide bonds. The normalized spacial score (nSPS) is 34.5. The second-order valence-corrected chi connectivity index (χ2v) is 22.1. The molecule has 0 N–H and O–H groups in total. The average molecular weight is 829 g/mol. The molecule has 10 aliphatic rings. The molecule has 6 heteroatoms. The van der Waals surface area contributed by atoms with E-state index in [0.29, 0.717) is 21.7 Å². The van der Waals surface area contributed by atoms with Crippen molar-refractivity contribution in [1.82, 2.24) is 0 Å². The van der Waals surface area contributed by atoms with Crippen LogP contribution in [0.1, 0.15) is 68.2 Å². The molecule has 10 fully saturated rings. The van der Waals surface area contributed by atoms with E-state index in [1.165, 1.54) is 12.8 Å². The summed E-state index contributed by atoms with van der Waals surface area (Å²) in [5.74, 6) is 9.97. The predicted molar refractivity (Wildman–Crippen MR) is 184 cm³/mol. The minimum atomic E-state index is -0.826. The summed E-state index contributed by atoms with van der Waals surface area (Å²) in [6.45, 7) is 19.5. The Labute approximate surface area is 312 Å². The molecule has 10 aliphatic carbocycles. The monoisotopic (exact) mass is 824 g/mol. The maximum absolute atomic E-state index is 4.93. The molecule has 0 spiro atoms. The van der Waals surface area contributed by atoms with Gasteiger partial charge >= 0.3 is 75.7 Å². The molecule has 4 unspecified atom stereocenters. The Morgan fingerprint density at radius 2 is 0.705 bits per heavy atom. The summed E-state index contributed by atoms with van der Waals surface area (Å²) in [5, 5.41) is 0. The second-order valence-electron chi connectivity index (χ2n) is 14.6. The van der Waals surface area contributed by atoms with Gasteiger partial charge in [0.2, 0.25) is 0 Å². The summed E-state index contributed by atoms with van der Waals surface area (Å²) in [5.41, 5.74) is 1.86. The summed E-state index contributed by atoms with van der Waals surface area (Å²) in [6.07, 6.45) is 36.7. The van der Waals surface area contributed by atoms with Crippen molar-refractivity contribution in [1.29, 1.82) is 0 Å². The fourth-order valence-corrected chi connectivity index (χ4v) is 9.02. The summed E-state index contributed by atoms with van der Waals surface area (Å²) in [4.78, 5) is 0. The minimum absolute atomic E-state index is 0.400. The molecular formula is C38H48Cl4Zr2. The Morgan fingerprint density at radius 1 is 0.455 bits per heavy atom. The third-order valence-electron chi connectivity index (χ3n) is 11.2. The first kappa shape index (κ1) is 41.3. The van der Waals surface area contributed by atoms with Crippen molar-refractivity contribution in [3.05, 3.63) is 126 Å². The van der Waals surface area contributed by atoms with E-state index in [4.69, 9.17) is 34.1 Å². The zero-order valence-electron chi connectivity index (χ0n) is 27.5. The van der Waals surface area contributed by atoms with E-state index in [1.807, 2.05) is 64.2 Å². The van der Waals surface area contributed by atoms with Gasteiger partial charge in [0.1, 0.15) is 0 Å². The Balaban J connectivity index is 0.000000163. The van der Waals surface area contributed by atoms with Gasteiger partial charge in [0.05, 0.1) is 0 Å². The average Bonchev–Trinajstić information content (AvgIpc) is 3.78. The van der Waals surface area contributed by atoms with Gasteiger partial charge in [-0.1, -0.05) is 55.4 Å². The molecule has 0 aliphatic heterocycles. The van der Waals surface area contributed by atoms with E-state index < -0.39 is 41.7 Å². The van der Waals surface area contributed by atoms with E-state index in [9.17, 15) is 0 Å². The first-order valence-electron chi connectivity index (χ1n) is 15.5. The Bertz CT molecular complexity index is 743. The molecular weight excluding hydrogens is 781 g/mol. The molecule has 44 heavy (non-hydrogen) atoms. The van der Waals surface area contributed by atoms with Gasteiger partial charge < -0.3 is 0 Å². The van der Waals surface area contributed by atoms with Crippen molar-refractivity contribution in [3.8, 4) is 0 Å². The van der Waals surface area contributed by atoms with Crippen LogP contribution in [-0.2, 0) is 41.7 Å². The fourth-order valence-electron chi connectivity index (χ4n) is 9.02. The quantitative estimate of drug-likeness (QED) is 0.228. The van der Waals surface area contributed by atoms with Gasteiger partial charge in [0.25, 0.3) is 0 Å². The van der Waals surface area contributed by atoms with Crippen molar-refractivity contribution in [3.63, 3.8) is 0 Å². The van der Waals surface area contributed by atoms with Crippen molar-refractivity contribution < 1.29 is 41.7 Å². The zero-order chi connectivity index (χ0) is 32.8. The van der Waals surface area contributed by atoms with Crippen LogP contribution in [0, 0.1) is 172 Å². The van der Waals surface area contributed by atoms with Crippen LogP contribution in [0.2, 0.25) is 0 Å². The maximum atomic E-state index is 4.93. The van der Waals surface area contributed by atoms with Gasteiger partial charge in [-0.25, -0.2) is 0 Å². The molecule has 0 aromatic rings. The third-order valence-corrected chi connectivity index (χ3v) is 11.2. The van der Waals surface area contributed by atoms with Crippen LogP contribution in [0.15, 0.2) is 0 Å². The van der Waals surface area contributed by atoms with Crippen molar-refractivity contribution in [2.75, 3.05) is 0 Å². The summed E-state index contributed by atoms with van der Waals surface area (Å²) < 4.78 is 0. The number of hydrogen-bond acceptors (Lipinski definition) is 0. The van der Waals surface area contributed by atoms with E-state index in [0.717, 1.165) is 23.7 Å². The molecule has 0 nitrogen and oxygen atoms in total. The van der Waals surface area contributed by atoms with Gasteiger partial charge in [-0.3, -0.25) is 0 Å². The van der Waals surface area contributed by atoms with Gasteiger partial charge in [-0.05, 0) is 185 Å². The van der Waals surface area contributed by atoms with Crippen LogP contribution in [-0.4, -0.2) is 0 Å². The first-order valence-corrected chi connectivity index (χ1v) is 28.2. The summed E-state index contributed by atoms with van der Waals surface area (Å²) in [6, 6.07) is 0. The van der Waals surface area contributed by atoms with Crippen LogP contribution >= 0.6 is 34.1 Å². The number of hydrogen-bond donors (Lipinski definition) is 0. The standard InChI is InChI=1S/2C14H19.2C5H5.4ClH.2Zr/c2*1-13(2)10-7-5-6-9(10)11-8-12(13)14(11,3)4;2*1-2-4-5-3-1;;;;;;/h2*5-7,11-12H,8H2,1-4H3;2*1-5H;4*1H;;/q;;;;;;;;2*+2/p-4. The number of rotatable bonds is 0. The third kappa shape index (κ3) is 9.23. The molecule has 4 atom stereocenters. The molecule has 20 radical (unpaired) electrons. The predicted octanol–water partition coefficient (Wildman–Crippen LogP) is 11.7. The van der Waals surface area contributed by atoms with Crippen molar-refractivity contribution >= 4 is 34.1 Å². The van der Waals surface area contributed by atoms with Gasteiger partial charge in [0.15, 0.2) is 0 Å². The summed E-state index contributed by atoms with van der Waals surface area (Å²) in [7, 11) is 19.7. The van der Waals surface area contributed by atoms with Gasteiger partial charge in [0, 0.05) is 0 Å². The van der Waals surface area contributed by atoms with E-state index in [2.05, 4.69) is 93.9 Å².